The zero-order valence-corrected chi connectivity index (χ0v) is 11.1. The van der Waals surface area contributed by atoms with Crippen molar-refractivity contribution in [2.24, 2.45) is 0 Å². The van der Waals surface area contributed by atoms with Gasteiger partial charge in [-0.2, -0.15) is 26.3 Å². The van der Waals surface area contributed by atoms with Crippen LogP contribution in [0.3, 0.4) is 0 Å². The quantitative estimate of drug-likeness (QED) is 0.550. The highest BCUT2D eigenvalue weighted by Crippen LogP contribution is 2.52. The molecule has 1 nitrogen and oxygen atoms in total. The van der Waals surface area contributed by atoms with Crippen molar-refractivity contribution in [2.45, 2.75) is 25.2 Å². The van der Waals surface area contributed by atoms with E-state index in [1.807, 2.05) is 0 Å². The maximum Gasteiger partial charge on any atom is 0.416 e. The van der Waals surface area contributed by atoms with Gasteiger partial charge in [-0.1, -0.05) is 0 Å². The zero-order valence-electron chi connectivity index (χ0n) is 10.2. The summed E-state index contributed by atoms with van der Waals surface area (Å²) in [5, 5.41) is -0.308. The van der Waals surface area contributed by atoms with E-state index in [0.717, 1.165) is 0 Å². The van der Waals surface area contributed by atoms with Crippen molar-refractivity contribution in [1.82, 2.24) is 0 Å². The van der Waals surface area contributed by atoms with Crippen LogP contribution in [0.25, 0.3) is 0 Å². The Morgan fingerprint density at radius 2 is 1.20 bits per heavy atom. The van der Waals surface area contributed by atoms with Crippen LogP contribution in [-0.4, -0.2) is 12.3 Å². The molecule has 112 valence electrons. The van der Waals surface area contributed by atoms with Crippen LogP contribution >= 0.6 is 7.14 Å². The topological polar surface area (TPSA) is 17.1 Å². The van der Waals surface area contributed by atoms with E-state index in [4.69, 9.17) is 0 Å². The molecule has 0 N–H and O–H groups in total. The summed E-state index contributed by atoms with van der Waals surface area (Å²) in [7, 11) is -3.12. The normalized spacial score (nSPS) is 19.3. The van der Waals surface area contributed by atoms with Gasteiger partial charge in [0.1, 0.15) is 7.14 Å². The Balaban J connectivity index is 2.60. The summed E-state index contributed by atoms with van der Waals surface area (Å²) < 4.78 is 88.6. The maximum absolute atomic E-state index is 12.7. The number of hydrogen-bond donors (Lipinski definition) is 0. The first-order valence-electron chi connectivity index (χ1n) is 5.90. The lowest BCUT2D eigenvalue weighted by Gasteiger charge is -2.17. The molecule has 2 rings (SSSR count). The molecule has 1 aromatic rings. The minimum absolute atomic E-state index is 0.0612. The van der Waals surface area contributed by atoms with Crippen LogP contribution in [0.2, 0.25) is 0 Å². The van der Waals surface area contributed by atoms with Gasteiger partial charge in [-0.15, -0.1) is 0 Å². The van der Waals surface area contributed by atoms with Gasteiger partial charge < -0.3 is 4.57 Å². The highest BCUT2D eigenvalue weighted by molar-refractivity contribution is 7.71. The van der Waals surface area contributed by atoms with Crippen LogP contribution in [0.5, 0.6) is 0 Å². The fraction of sp³-hybridized carbons (Fsp3) is 0.500. The lowest BCUT2D eigenvalue weighted by atomic mass is 10.1. The van der Waals surface area contributed by atoms with Crippen molar-refractivity contribution < 1.29 is 30.9 Å². The molecule has 1 aromatic carbocycles. The van der Waals surface area contributed by atoms with Crippen molar-refractivity contribution in [3.63, 3.8) is 0 Å². The van der Waals surface area contributed by atoms with E-state index >= 15 is 0 Å². The molecular formula is C12H11F6OP. The molecule has 1 saturated heterocycles. The Bertz CT molecular complexity index is 518. The second-order valence-corrected chi connectivity index (χ2v) is 8.00. The van der Waals surface area contributed by atoms with Crippen molar-refractivity contribution in [3.05, 3.63) is 29.3 Å². The third-order valence-electron chi connectivity index (χ3n) is 3.33. The van der Waals surface area contributed by atoms with Crippen molar-refractivity contribution in [2.75, 3.05) is 12.3 Å². The van der Waals surface area contributed by atoms with E-state index < -0.39 is 30.6 Å². The van der Waals surface area contributed by atoms with Crippen LogP contribution in [0.15, 0.2) is 18.2 Å². The molecule has 1 fully saturated rings. The summed E-state index contributed by atoms with van der Waals surface area (Å²) in [5.74, 6) is 0. The number of halogens is 6. The molecule has 0 amide bonds. The molecule has 0 spiro atoms. The van der Waals surface area contributed by atoms with Gasteiger partial charge >= 0.3 is 12.4 Å². The second-order valence-electron chi connectivity index (χ2n) is 4.81. The molecule has 1 aliphatic heterocycles. The number of alkyl halides is 6. The molecule has 1 heterocycles. The van der Waals surface area contributed by atoms with Gasteiger partial charge in [-0.25, -0.2) is 0 Å². The molecule has 0 bridgehead atoms. The van der Waals surface area contributed by atoms with Gasteiger partial charge in [-0.05, 0) is 31.0 Å². The Kier molecular flexibility index (Phi) is 3.70. The Labute approximate surface area is 111 Å². The molecule has 8 heteroatoms. The van der Waals surface area contributed by atoms with Gasteiger partial charge in [0.2, 0.25) is 0 Å². The van der Waals surface area contributed by atoms with Gasteiger partial charge in [0.05, 0.1) is 11.1 Å². The van der Waals surface area contributed by atoms with Crippen LogP contribution in [0, 0.1) is 0 Å². The maximum atomic E-state index is 12.7. The van der Waals surface area contributed by atoms with Crippen molar-refractivity contribution in [1.29, 1.82) is 0 Å². The van der Waals surface area contributed by atoms with Crippen molar-refractivity contribution in [3.8, 4) is 0 Å². The molecule has 0 aromatic heterocycles. The summed E-state index contributed by atoms with van der Waals surface area (Å²) in [6.07, 6.45) is -8.31. The lowest BCUT2D eigenvalue weighted by Crippen LogP contribution is -2.17. The molecule has 0 aliphatic carbocycles. The number of benzene rings is 1. The highest BCUT2D eigenvalue weighted by atomic mass is 31.2. The largest absolute Gasteiger partial charge is 0.416 e. The monoisotopic (exact) mass is 316 g/mol. The average molecular weight is 316 g/mol. The van der Waals surface area contributed by atoms with Crippen LogP contribution in [-0.2, 0) is 16.9 Å². The van der Waals surface area contributed by atoms with Gasteiger partial charge in [0.25, 0.3) is 0 Å². The molecule has 0 saturated carbocycles. The van der Waals surface area contributed by atoms with Gasteiger partial charge in [-0.3, -0.25) is 0 Å². The van der Waals surface area contributed by atoms with E-state index in [1.54, 1.807) is 0 Å². The first-order valence-corrected chi connectivity index (χ1v) is 7.98. The fourth-order valence-electron chi connectivity index (χ4n) is 2.28. The summed E-state index contributed by atoms with van der Waals surface area (Å²) in [5.41, 5.74) is -2.80. The van der Waals surface area contributed by atoms with Gasteiger partial charge in [0.15, 0.2) is 0 Å². The standard InChI is InChI=1S/C12H11F6OP/c13-11(14,15)8-5-9(12(16,17)18)7-10(6-8)20(19)3-1-2-4-20/h5-7H,1-4H2. The van der Waals surface area contributed by atoms with Crippen LogP contribution in [0.4, 0.5) is 26.3 Å². The predicted molar refractivity (Wildman–Crippen MR) is 62.7 cm³/mol. The second kappa shape index (κ2) is 4.79. The third-order valence-corrected chi connectivity index (χ3v) is 6.61. The minimum Gasteiger partial charge on any atom is -0.319 e. The summed E-state index contributed by atoms with van der Waals surface area (Å²) >= 11 is 0. The Morgan fingerprint density at radius 1 is 0.800 bits per heavy atom. The lowest BCUT2D eigenvalue weighted by molar-refractivity contribution is -0.142. The van der Waals surface area contributed by atoms with E-state index in [9.17, 15) is 30.9 Å². The molecule has 0 unspecified atom stereocenters. The molecular weight excluding hydrogens is 305 g/mol. The smallest absolute Gasteiger partial charge is 0.319 e. The molecule has 0 radical (unpaired) electrons. The Morgan fingerprint density at radius 3 is 1.55 bits per heavy atom. The van der Waals surface area contributed by atoms with Crippen LogP contribution < -0.4 is 5.30 Å². The first-order chi connectivity index (χ1) is 9.02. The van der Waals surface area contributed by atoms with Crippen molar-refractivity contribution >= 4 is 12.4 Å². The number of hydrogen-bond acceptors (Lipinski definition) is 1. The SMILES string of the molecule is O=P1(c2cc(C(F)(F)F)cc(C(F)(F)F)c2)CCCC1. The third kappa shape index (κ3) is 3.03. The summed E-state index contributed by atoms with van der Waals surface area (Å²) in [6, 6.07) is 1.26. The predicted octanol–water partition coefficient (Wildman–Crippen LogP) is 4.51. The van der Waals surface area contributed by atoms with E-state index in [0.29, 0.717) is 25.0 Å². The minimum atomic E-state index is -4.89. The highest BCUT2D eigenvalue weighted by Gasteiger charge is 2.39. The summed E-state index contributed by atoms with van der Waals surface area (Å²) in [4.78, 5) is 0. The number of rotatable bonds is 1. The van der Waals surface area contributed by atoms with E-state index in [2.05, 4.69) is 0 Å². The summed E-state index contributed by atoms with van der Waals surface area (Å²) in [6.45, 7) is 0. The first kappa shape index (κ1) is 15.4. The van der Waals surface area contributed by atoms with Gasteiger partial charge in [0, 0.05) is 17.6 Å². The average Bonchev–Trinajstić information content (AvgIpc) is 2.75. The molecule has 0 atom stereocenters. The Hall–Kier alpha value is -0.970. The molecule has 1 aliphatic rings. The van der Waals surface area contributed by atoms with E-state index in [-0.39, 0.29) is 23.7 Å². The zero-order chi connectivity index (χ0) is 15.2. The van der Waals surface area contributed by atoms with E-state index in [1.165, 1.54) is 0 Å². The fourth-order valence-corrected chi connectivity index (χ4v) is 5.24. The van der Waals surface area contributed by atoms with Crippen LogP contribution in [0.1, 0.15) is 24.0 Å². The molecule has 20 heavy (non-hydrogen) atoms.